The summed E-state index contributed by atoms with van der Waals surface area (Å²) in [6.07, 6.45) is 1.93. The van der Waals surface area contributed by atoms with Gasteiger partial charge < -0.3 is 14.9 Å². The monoisotopic (exact) mass is 457 g/mol. The molecule has 1 aromatic carbocycles. The van der Waals surface area contributed by atoms with Crippen molar-refractivity contribution in [2.45, 2.75) is 33.1 Å². The van der Waals surface area contributed by atoms with Gasteiger partial charge in [0.15, 0.2) is 5.13 Å². The standard InChI is InChI=1S/C21H29Cl2N3O2S/c1-14(2)12-18-20(15-6-7-16(22)17(23)13-15)24-21(29-18)26(11-8-19(27)28)10-5-9-25(3)4/h6-7,13-14H,5,8-12H2,1-4H3,(H,27,28). The summed E-state index contributed by atoms with van der Waals surface area (Å²) in [6.45, 7) is 6.50. The van der Waals surface area contributed by atoms with Crippen molar-refractivity contribution in [3.05, 3.63) is 33.1 Å². The summed E-state index contributed by atoms with van der Waals surface area (Å²) in [5.41, 5.74) is 1.84. The van der Waals surface area contributed by atoms with Crippen LogP contribution in [0.5, 0.6) is 0 Å². The van der Waals surface area contributed by atoms with Crippen LogP contribution in [0, 0.1) is 5.92 Å². The molecule has 2 rings (SSSR count). The fraction of sp³-hybridized carbons (Fsp3) is 0.524. The Morgan fingerprint density at radius 2 is 1.90 bits per heavy atom. The Balaban J connectivity index is 2.37. The van der Waals surface area contributed by atoms with E-state index in [9.17, 15) is 4.79 Å². The number of hydrogen-bond acceptors (Lipinski definition) is 5. The van der Waals surface area contributed by atoms with Gasteiger partial charge in [-0.05, 0) is 51.5 Å². The average molecular weight is 458 g/mol. The van der Waals surface area contributed by atoms with Gasteiger partial charge in [0, 0.05) is 23.5 Å². The molecule has 5 nitrogen and oxygen atoms in total. The lowest BCUT2D eigenvalue weighted by atomic mass is 10.0. The van der Waals surface area contributed by atoms with Crippen molar-refractivity contribution in [1.82, 2.24) is 9.88 Å². The zero-order valence-electron chi connectivity index (χ0n) is 17.4. The normalized spacial score (nSPS) is 11.4. The molecule has 160 valence electrons. The maximum Gasteiger partial charge on any atom is 0.305 e. The SMILES string of the molecule is CC(C)Cc1sc(N(CCCN(C)C)CCC(=O)O)nc1-c1ccc(Cl)c(Cl)c1. The molecule has 29 heavy (non-hydrogen) atoms. The Morgan fingerprint density at radius 1 is 1.17 bits per heavy atom. The highest BCUT2D eigenvalue weighted by Gasteiger charge is 2.19. The van der Waals surface area contributed by atoms with Crippen molar-refractivity contribution < 1.29 is 9.90 Å². The van der Waals surface area contributed by atoms with E-state index in [1.54, 1.807) is 17.4 Å². The van der Waals surface area contributed by atoms with Crippen LogP contribution in [0.2, 0.25) is 10.0 Å². The van der Waals surface area contributed by atoms with E-state index in [1.807, 2.05) is 26.2 Å². The highest BCUT2D eigenvalue weighted by molar-refractivity contribution is 7.16. The lowest BCUT2D eigenvalue weighted by Gasteiger charge is -2.22. The molecule has 1 heterocycles. The van der Waals surface area contributed by atoms with Crippen molar-refractivity contribution in [2.24, 2.45) is 5.92 Å². The molecule has 1 aromatic heterocycles. The van der Waals surface area contributed by atoms with Crippen LogP contribution in [-0.4, -0.2) is 54.7 Å². The topological polar surface area (TPSA) is 56.7 Å². The van der Waals surface area contributed by atoms with E-state index in [-0.39, 0.29) is 6.42 Å². The van der Waals surface area contributed by atoms with Crippen molar-refractivity contribution in [2.75, 3.05) is 38.6 Å². The van der Waals surface area contributed by atoms with E-state index >= 15 is 0 Å². The van der Waals surface area contributed by atoms with Gasteiger partial charge in [0.25, 0.3) is 0 Å². The maximum atomic E-state index is 11.1. The Labute approximate surface area is 187 Å². The van der Waals surface area contributed by atoms with E-state index in [1.165, 1.54) is 4.88 Å². The van der Waals surface area contributed by atoms with Crippen molar-refractivity contribution in [3.63, 3.8) is 0 Å². The van der Waals surface area contributed by atoms with Gasteiger partial charge in [-0.15, -0.1) is 11.3 Å². The largest absolute Gasteiger partial charge is 0.481 e. The first-order chi connectivity index (χ1) is 13.7. The van der Waals surface area contributed by atoms with Gasteiger partial charge in [0.1, 0.15) is 0 Å². The molecule has 0 saturated heterocycles. The molecule has 2 aromatic rings. The molecule has 0 aliphatic rings. The number of aliphatic carboxylic acids is 1. The third-order valence-electron chi connectivity index (χ3n) is 4.37. The van der Waals surface area contributed by atoms with Gasteiger partial charge in [0.2, 0.25) is 0 Å². The zero-order chi connectivity index (χ0) is 21.6. The quantitative estimate of drug-likeness (QED) is 0.479. The highest BCUT2D eigenvalue weighted by Crippen LogP contribution is 2.37. The number of halogens is 2. The van der Waals surface area contributed by atoms with Gasteiger partial charge >= 0.3 is 5.97 Å². The Hall–Kier alpha value is -1.34. The summed E-state index contributed by atoms with van der Waals surface area (Å²) in [4.78, 5) is 21.5. The minimum atomic E-state index is -0.800. The molecule has 1 N–H and O–H groups in total. The first-order valence-electron chi connectivity index (χ1n) is 9.74. The van der Waals surface area contributed by atoms with Crippen LogP contribution in [0.25, 0.3) is 11.3 Å². The third kappa shape index (κ3) is 7.45. The lowest BCUT2D eigenvalue weighted by molar-refractivity contribution is -0.136. The Morgan fingerprint density at radius 3 is 2.48 bits per heavy atom. The van der Waals surface area contributed by atoms with Crippen molar-refractivity contribution >= 4 is 45.6 Å². The molecule has 0 bridgehead atoms. The fourth-order valence-corrected chi connectivity index (χ4v) is 4.61. The second kappa shape index (κ2) is 11.2. The van der Waals surface area contributed by atoms with E-state index in [2.05, 4.69) is 23.6 Å². The van der Waals surface area contributed by atoms with Gasteiger partial charge in [-0.3, -0.25) is 4.79 Å². The Kier molecular flexibility index (Phi) is 9.21. The molecule has 0 radical (unpaired) electrons. The molecule has 0 spiro atoms. The lowest BCUT2D eigenvalue weighted by Crippen LogP contribution is -2.29. The van der Waals surface area contributed by atoms with Crippen molar-refractivity contribution in [3.8, 4) is 11.3 Å². The number of benzene rings is 1. The first-order valence-corrected chi connectivity index (χ1v) is 11.3. The average Bonchev–Trinajstić information content (AvgIpc) is 3.02. The van der Waals surface area contributed by atoms with Crippen LogP contribution in [0.3, 0.4) is 0 Å². The molecule has 0 aliphatic carbocycles. The second-order valence-electron chi connectivity index (χ2n) is 7.78. The summed E-state index contributed by atoms with van der Waals surface area (Å²) in [7, 11) is 4.07. The number of anilines is 1. The third-order valence-corrected chi connectivity index (χ3v) is 6.25. The van der Waals surface area contributed by atoms with Crippen molar-refractivity contribution in [1.29, 1.82) is 0 Å². The summed E-state index contributed by atoms with van der Waals surface area (Å²) >= 11 is 14.0. The van der Waals surface area contributed by atoms with E-state index in [4.69, 9.17) is 33.3 Å². The molecule has 0 unspecified atom stereocenters. The molecule has 0 fully saturated rings. The molecule has 0 amide bonds. The van der Waals surface area contributed by atoms with Gasteiger partial charge in [-0.1, -0.05) is 43.1 Å². The molecular formula is C21H29Cl2N3O2S. The first kappa shape index (κ1) is 23.9. The van der Waals surface area contributed by atoms with Crippen LogP contribution in [0.15, 0.2) is 18.2 Å². The fourth-order valence-electron chi connectivity index (χ4n) is 2.96. The van der Waals surface area contributed by atoms with Crippen LogP contribution >= 0.6 is 34.5 Å². The highest BCUT2D eigenvalue weighted by atomic mass is 35.5. The number of thiazole rings is 1. The number of carboxylic acids is 1. The molecule has 8 heteroatoms. The molecular weight excluding hydrogens is 429 g/mol. The number of nitrogens with zero attached hydrogens (tertiary/aromatic N) is 3. The van der Waals surface area contributed by atoms with E-state index < -0.39 is 5.97 Å². The van der Waals surface area contributed by atoms with Crippen LogP contribution < -0.4 is 4.90 Å². The minimum absolute atomic E-state index is 0.0865. The maximum absolute atomic E-state index is 11.1. The van der Waals surface area contributed by atoms with E-state index in [0.29, 0.717) is 22.5 Å². The van der Waals surface area contributed by atoms with Crippen LogP contribution in [0.4, 0.5) is 5.13 Å². The number of hydrogen-bond donors (Lipinski definition) is 1. The van der Waals surface area contributed by atoms with Gasteiger partial charge in [0.05, 0.1) is 22.2 Å². The van der Waals surface area contributed by atoms with Gasteiger partial charge in [-0.25, -0.2) is 4.98 Å². The van der Waals surface area contributed by atoms with Gasteiger partial charge in [-0.2, -0.15) is 0 Å². The number of rotatable bonds is 11. The summed E-state index contributed by atoms with van der Waals surface area (Å²) in [5, 5.41) is 11.0. The summed E-state index contributed by atoms with van der Waals surface area (Å²) in [5.74, 6) is -0.322. The second-order valence-corrected chi connectivity index (χ2v) is 9.66. The Bertz CT molecular complexity index is 824. The number of aromatic nitrogens is 1. The van der Waals surface area contributed by atoms with Crippen LogP contribution in [0.1, 0.15) is 31.6 Å². The predicted octanol–water partition coefficient (Wildman–Crippen LogP) is 5.55. The number of carbonyl (C=O) groups is 1. The van der Waals surface area contributed by atoms with Crippen LogP contribution in [-0.2, 0) is 11.2 Å². The predicted molar refractivity (Wildman–Crippen MR) is 124 cm³/mol. The number of carboxylic acid groups (broad SMARTS) is 1. The molecule has 0 atom stereocenters. The summed E-state index contributed by atoms with van der Waals surface area (Å²) in [6, 6.07) is 5.57. The zero-order valence-corrected chi connectivity index (χ0v) is 19.7. The molecule has 0 saturated carbocycles. The smallest absolute Gasteiger partial charge is 0.305 e. The molecule has 0 aliphatic heterocycles. The minimum Gasteiger partial charge on any atom is -0.481 e. The summed E-state index contributed by atoms with van der Waals surface area (Å²) < 4.78 is 0. The van der Waals surface area contributed by atoms with E-state index in [0.717, 1.165) is 42.3 Å².